The second kappa shape index (κ2) is 10.5. The fourth-order valence-electron chi connectivity index (χ4n) is 3.37. The summed E-state index contributed by atoms with van der Waals surface area (Å²) in [5.74, 6) is -0.109. The second-order valence-corrected chi connectivity index (χ2v) is 8.39. The molecule has 0 spiro atoms. The van der Waals surface area contributed by atoms with Crippen molar-refractivity contribution in [1.82, 2.24) is 9.88 Å². The van der Waals surface area contributed by atoms with Crippen molar-refractivity contribution in [3.8, 4) is 6.07 Å². The topological polar surface area (TPSA) is 95.3 Å². The van der Waals surface area contributed by atoms with Gasteiger partial charge in [0.25, 0.3) is 0 Å². The number of aromatic nitrogens is 1. The van der Waals surface area contributed by atoms with Gasteiger partial charge in [0.05, 0.1) is 12.2 Å². The minimum absolute atomic E-state index is 0.188. The first-order valence-corrected chi connectivity index (χ1v) is 10.8. The molecule has 1 aliphatic rings. The van der Waals surface area contributed by atoms with Gasteiger partial charge in [-0.05, 0) is 48.4 Å². The number of nitrogens with one attached hydrogen (secondary N) is 1. The molecule has 1 atom stereocenters. The van der Waals surface area contributed by atoms with Gasteiger partial charge < -0.3 is 15.0 Å². The lowest BCUT2D eigenvalue weighted by Crippen LogP contribution is -2.30. The number of thiophene rings is 1. The van der Waals surface area contributed by atoms with E-state index >= 15 is 0 Å². The summed E-state index contributed by atoms with van der Waals surface area (Å²) >= 11 is 1.42. The van der Waals surface area contributed by atoms with Crippen LogP contribution in [0, 0.1) is 17.2 Å². The molecule has 31 heavy (non-hydrogen) atoms. The fourth-order valence-corrected chi connectivity index (χ4v) is 4.69. The van der Waals surface area contributed by atoms with Crippen LogP contribution in [0.15, 0.2) is 43.3 Å². The monoisotopic (exact) mass is 436 g/mol. The maximum atomic E-state index is 12.3. The normalized spacial score (nSPS) is 15.0. The molecule has 0 bridgehead atoms. The lowest BCUT2D eigenvalue weighted by molar-refractivity contribution is -0.111. The van der Waals surface area contributed by atoms with Gasteiger partial charge in [0.15, 0.2) is 0 Å². The number of likely N-dealkylation sites (N-methyl/N-ethyl adjacent to an activating group) is 1. The molecule has 0 saturated heterocycles. The summed E-state index contributed by atoms with van der Waals surface area (Å²) in [5, 5.41) is 13.0. The molecule has 7 nitrogen and oxygen atoms in total. The van der Waals surface area contributed by atoms with Crippen LogP contribution in [0.3, 0.4) is 0 Å². The number of nitrogens with zero attached hydrogens (tertiary/aromatic N) is 3. The summed E-state index contributed by atoms with van der Waals surface area (Å²) in [5.41, 5.74) is 2.34. The van der Waals surface area contributed by atoms with Gasteiger partial charge in [-0.2, -0.15) is 5.26 Å². The fraction of sp³-hybridized carbons (Fsp3) is 0.304. The maximum Gasteiger partial charge on any atom is 0.409 e. The highest BCUT2D eigenvalue weighted by molar-refractivity contribution is 7.16. The van der Waals surface area contributed by atoms with Crippen LogP contribution in [0.1, 0.15) is 28.0 Å². The number of hydrogen-bond acceptors (Lipinski definition) is 6. The molecule has 2 heterocycles. The van der Waals surface area contributed by atoms with E-state index in [0.29, 0.717) is 30.1 Å². The highest BCUT2D eigenvalue weighted by Crippen LogP contribution is 2.39. The summed E-state index contributed by atoms with van der Waals surface area (Å²) in [7, 11) is 1.67. The lowest BCUT2D eigenvalue weighted by atomic mass is 9.88. The SMILES string of the molecule is C=CCN(C)C(=O)OCC1CCc2c(sc(NC(=O)/C=C/c3cccnc3)c2C#N)C1. The van der Waals surface area contributed by atoms with E-state index in [1.807, 2.05) is 6.07 Å². The first kappa shape index (κ1) is 22.2. The Balaban J connectivity index is 1.63. The number of pyridine rings is 1. The maximum absolute atomic E-state index is 12.3. The van der Waals surface area contributed by atoms with E-state index in [1.165, 1.54) is 22.3 Å². The van der Waals surface area contributed by atoms with E-state index in [0.717, 1.165) is 28.8 Å². The number of carbonyl (C=O) groups excluding carboxylic acids is 2. The number of fused-ring (bicyclic) bond motifs is 1. The third kappa shape index (κ3) is 5.80. The summed E-state index contributed by atoms with van der Waals surface area (Å²) in [6.07, 6.45) is 9.97. The summed E-state index contributed by atoms with van der Waals surface area (Å²) < 4.78 is 5.41. The number of hydrogen-bond donors (Lipinski definition) is 1. The molecule has 0 fully saturated rings. The molecular formula is C23H24N4O3S. The number of carbonyl (C=O) groups is 2. The smallest absolute Gasteiger partial charge is 0.409 e. The molecule has 0 aromatic carbocycles. The van der Waals surface area contributed by atoms with Crippen molar-refractivity contribution >= 4 is 34.4 Å². The molecule has 3 rings (SSSR count). The van der Waals surface area contributed by atoms with Gasteiger partial charge in [-0.3, -0.25) is 9.78 Å². The van der Waals surface area contributed by atoms with Crippen molar-refractivity contribution in [2.45, 2.75) is 19.3 Å². The van der Waals surface area contributed by atoms with Gasteiger partial charge in [0.2, 0.25) is 5.91 Å². The number of rotatable bonds is 7. The third-order valence-electron chi connectivity index (χ3n) is 4.98. The van der Waals surface area contributed by atoms with Crippen LogP contribution in [-0.2, 0) is 22.4 Å². The van der Waals surface area contributed by atoms with Crippen LogP contribution < -0.4 is 5.32 Å². The predicted molar refractivity (Wildman–Crippen MR) is 121 cm³/mol. The first-order chi connectivity index (χ1) is 15.0. The molecule has 2 aromatic rings. The Morgan fingerprint density at radius 2 is 2.35 bits per heavy atom. The van der Waals surface area contributed by atoms with Gasteiger partial charge in [-0.15, -0.1) is 17.9 Å². The average Bonchev–Trinajstić information content (AvgIpc) is 3.12. The number of nitriles is 1. The van der Waals surface area contributed by atoms with E-state index in [-0.39, 0.29) is 17.9 Å². The van der Waals surface area contributed by atoms with Crippen molar-refractivity contribution in [1.29, 1.82) is 5.26 Å². The van der Waals surface area contributed by atoms with Crippen LogP contribution >= 0.6 is 11.3 Å². The standard InChI is InChI=1S/C23H24N4O3S/c1-3-11-27(2)23(29)30-15-17-6-8-18-19(13-24)22(31-20(18)12-17)26-21(28)9-7-16-5-4-10-25-14-16/h3-5,7,9-10,14,17H,1,6,8,11-12,15H2,2H3,(H,26,28)/b9-7+. The molecule has 160 valence electrons. The van der Waals surface area contributed by atoms with Gasteiger partial charge >= 0.3 is 6.09 Å². The van der Waals surface area contributed by atoms with Gasteiger partial charge in [-0.25, -0.2) is 4.79 Å². The predicted octanol–water partition coefficient (Wildman–Crippen LogP) is 4.03. The molecular weight excluding hydrogens is 412 g/mol. The van der Waals surface area contributed by atoms with Crippen molar-refractivity contribution in [2.24, 2.45) is 5.92 Å². The largest absolute Gasteiger partial charge is 0.449 e. The zero-order chi connectivity index (χ0) is 22.2. The quantitative estimate of drug-likeness (QED) is 0.522. The van der Waals surface area contributed by atoms with E-state index in [9.17, 15) is 14.9 Å². The number of amides is 2. The molecule has 2 aromatic heterocycles. The van der Waals surface area contributed by atoms with E-state index in [1.54, 1.807) is 37.7 Å². The zero-order valence-corrected chi connectivity index (χ0v) is 18.2. The Morgan fingerprint density at radius 3 is 3.06 bits per heavy atom. The van der Waals surface area contributed by atoms with Gasteiger partial charge in [0, 0.05) is 36.9 Å². The lowest BCUT2D eigenvalue weighted by Gasteiger charge is -2.23. The minimum Gasteiger partial charge on any atom is -0.449 e. The highest BCUT2D eigenvalue weighted by Gasteiger charge is 2.27. The van der Waals surface area contributed by atoms with Crippen LogP contribution in [0.2, 0.25) is 0 Å². The average molecular weight is 437 g/mol. The Morgan fingerprint density at radius 1 is 1.52 bits per heavy atom. The highest BCUT2D eigenvalue weighted by atomic mass is 32.1. The molecule has 0 aliphatic heterocycles. The zero-order valence-electron chi connectivity index (χ0n) is 17.3. The van der Waals surface area contributed by atoms with Crippen LogP contribution in [0.4, 0.5) is 9.80 Å². The molecule has 0 saturated carbocycles. The minimum atomic E-state index is -0.372. The molecule has 1 unspecified atom stereocenters. The Bertz CT molecular complexity index is 1020. The van der Waals surface area contributed by atoms with E-state index < -0.39 is 0 Å². The molecule has 2 amide bonds. The summed E-state index contributed by atoms with van der Waals surface area (Å²) in [6.45, 7) is 4.37. The van der Waals surface area contributed by atoms with Crippen molar-refractivity contribution in [3.63, 3.8) is 0 Å². The first-order valence-electron chi connectivity index (χ1n) is 9.94. The van der Waals surface area contributed by atoms with Crippen LogP contribution in [0.5, 0.6) is 0 Å². The van der Waals surface area contributed by atoms with Crippen molar-refractivity contribution in [3.05, 3.63) is 64.8 Å². The summed E-state index contributed by atoms with van der Waals surface area (Å²) in [6, 6.07) is 5.88. The Hall–Kier alpha value is -3.44. The molecule has 1 N–H and O–H groups in total. The number of ether oxygens (including phenoxy) is 1. The van der Waals surface area contributed by atoms with E-state index in [4.69, 9.17) is 4.74 Å². The van der Waals surface area contributed by atoms with Crippen molar-refractivity contribution < 1.29 is 14.3 Å². The Labute approximate surface area is 185 Å². The van der Waals surface area contributed by atoms with Gasteiger partial charge in [0.1, 0.15) is 11.1 Å². The van der Waals surface area contributed by atoms with E-state index in [2.05, 4.69) is 22.9 Å². The third-order valence-corrected chi connectivity index (χ3v) is 6.15. The second-order valence-electron chi connectivity index (χ2n) is 7.28. The molecule has 0 radical (unpaired) electrons. The van der Waals surface area contributed by atoms with Crippen LogP contribution in [-0.4, -0.2) is 42.1 Å². The summed E-state index contributed by atoms with van der Waals surface area (Å²) in [4.78, 5) is 30.8. The molecule has 8 heteroatoms. The van der Waals surface area contributed by atoms with Crippen molar-refractivity contribution in [2.75, 3.05) is 25.5 Å². The molecule has 1 aliphatic carbocycles. The van der Waals surface area contributed by atoms with Gasteiger partial charge in [-0.1, -0.05) is 12.1 Å². The van der Waals surface area contributed by atoms with Crippen LogP contribution in [0.25, 0.3) is 6.08 Å². The number of anilines is 1. The Kier molecular flexibility index (Phi) is 7.57.